The monoisotopic (exact) mass is 335 g/mol. The van der Waals surface area contributed by atoms with Crippen molar-refractivity contribution < 1.29 is 9.59 Å². The first-order chi connectivity index (χ1) is 11.1. The molecular formula is C17H25N3O2S. The average Bonchev–Trinajstić information content (AvgIpc) is 2.56. The summed E-state index contributed by atoms with van der Waals surface area (Å²) in [6, 6.07) is 7.66. The van der Waals surface area contributed by atoms with Crippen LogP contribution in [-0.4, -0.2) is 43.0 Å². The van der Waals surface area contributed by atoms with Crippen LogP contribution in [0.2, 0.25) is 0 Å². The van der Waals surface area contributed by atoms with Gasteiger partial charge in [0.25, 0.3) is 0 Å². The summed E-state index contributed by atoms with van der Waals surface area (Å²) in [7, 11) is 0. The number of aryl methyl sites for hydroxylation is 1. The van der Waals surface area contributed by atoms with Gasteiger partial charge in [-0.2, -0.15) is 0 Å². The Kier molecular flexibility index (Phi) is 7.42. The minimum atomic E-state index is -0.0804. The second-order valence-electron chi connectivity index (χ2n) is 5.92. The molecule has 1 unspecified atom stereocenters. The van der Waals surface area contributed by atoms with Gasteiger partial charge in [0, 0.05) is 12.2 Å². The molecule has 126 valence electrons. The van der Waals surface area contributed by atoms with E-state index in [9.17, 15) is 9.59 Å². The van der Waals surface area contributed by atoms with E-state index in [4.69, 9.17) is 0 Å². The molecule has 1 fully saturated rings. The Morgan fingerprint density at radius 2 is 1.96 bits per heavy atom. The molecule has 1 atom stereocenters. The summed E-state index contributed by atoms with van der Waals surface area (Å²) in [5, 5.41) is 9.11. The lowest BCUT2D eigenvalue weighted by molar-refractivity contribution is -0.118. The lowest BCUT2D eigenvalue weighted by Crippen LogP contribution is -2.38. The van der Waals surface area contributed by atoms with Gasteiger partial charge in [0.2, 0.25) is 11.8 Å². The van der Waals surface area contributed by atoms with Gasteiger partial charge >= 0.3 is 0 Å². The smallest absolute Gasteiger partial charge is 0.234 e. The number of hydrogen-bond donors (Lipinski definition) is 3. The molecule has 0 spiro atoms. The van der Waals surface area contributed by atoms with Crippen LogP contribution in [0.15, 0.2) is 24.3 Å². The van der Waals surface area contributed by atoms with E-state index in [0.29, 0.717) is 11.7 Å². The standard InChI is InChI=1S/C17H25N3O2S/c1-13-4-6-15(7-5-13)20-17(22)12-23-11-16(21)19-10-14-3-2-8-18-9-14/h4-7,14,18H,2-3,8-12H2,1H3,(H,19,21)(H,20,22). The van der Waals surface area contributed by atoms with Crippen molar-refractivity contribution in [3.63, 3.8) is 0 Å². The molecule has 2 rings (SSSR count). The van der Waals surface area contributed by atoms with Gasteiger partial charge in [-0.25, -0.2) is 0 Å². The van der Waals surface area contributed by atoms with E-state index >= 15 is 0 Å². The highest BCUT2D eigenvalue weighted by Gasteiger charge is 2.14. The number of rotatable bonds is 7. The fourth-order valence-electron chi connectivity index (χ4n) is 2.48. The summed E-state index contributed by atoms with van der Waals surface area (Å²) < 4.78 is 0. The highest BCUT2D eigenvalue weighted by molar-refractivity contribution is 8.00. The van der Waals surface area contributed by atoms with Crippen molar-refractivity contribution in [2.45, 2.75) is 19.8 Å². The average molecular weight is 335 g/mol. The van der Waals surface area contributed by atoms with Crippen LogP contribution in [0, 0.1) is 12.8 Å². The highest BCUT2D eigenvalue weighted by Crippen LogP contribution is 2.10. The van der Waals surface area contributed by atoms with Gasteiger partial charge in [-0.1, -0.05) is 17.7 Å². The molecule has 1 aromatic carbocycles. The predicted octanol–water partition coefficient (Wildman–Crippen LogP) is 1.78. The molecule has 1 aliphatic rings. The van der Waals surface area contributed by atoms with Crippen LogP contribution in [0.5, 0.6) is 0 Å². The van der Waals surface area contributed by atoms with Crippen LogP contribution in [0.4, 0.5) is 5.69 Å². The van der Waals surface area contributed by atoms with E-state index in [1.807, 2.05) is 31.2 Å². The van der Waals surface area contributed by atoms with Crippen LogP contribution in [0.1, 0.15) is 18.4 Å². The molecule has 6 heteroatoms. The Morgan fingerprint density at radius 3 is 2.65 bits per heavy atom. The molecule has 23 heavy (non-hydrogen) atoms. The lowest BCUT2D eigenvalue weighted by atomic mass is 10.00. The molecule has 0 saturated carbocycles. The molecule has 0 radical (unpaired) electrons. The summed E-state index contributed by atoms with van der Waals surface area (Å²) in [5.41, 5.74) is 1.94. The van der Waals surface area contributed by atoms with Crippen LogP contribution in [-0.2, 0) is 9.59 Å². The van der Waals surface area contributed by atoms with E-state index < -0.39 is 0 Å². The second-order valence-corrected chi connectivity index (χ2v) is 6.91. The zero-order valence-electron chi connectivity index (χ0n) is 13.6. The molecule has 0 aromatic heterocycles. The first kappa shape index (κ1) is 17.8. The summed E-state index contributed by atoms with van der Waals surface area (Å²) in [4.78, 5) is 23.6. The normalized spacial score (nSPS) is 17.5. The van der Waals surface area contributed by atoms with Crippen molar-refractivity contribution in [3.8, 4) is 0 Å². The van der Waals surface area contributed by atoms with E-state index in [0.717, 1.165) is 30.9 Å². The minimum absolute atomic E-state index is 0.00343. The topological polar surface area (TPSA) is 70.2 Å². The third-order valence-electron chi connectivity index (χ3n) is 3.79. The highest BCUT2D eigenvalue weighted by atomic mass is 32.2. The van der Waals surface area contributed by atoms with Crippen molar-refractivity contribution in [2.75, 3.05) is 36.5 Å². The van der Waals surface area contributed by atoms with E-state index in [1.54, 1.807) is 0 Å². The fraction of sp³-hybridized carbons (Fsp3) is 0.529. The SMILES string of the molecule is Cc1ccc(NC(=O)CSCC(=O)NCC2CCCNC2)cc1. The summed E-state index contributed by atoms with van der Waals surface area (Å²) in [6.07, 6.45) is 2.34. The maximum Gasteiger partial charge on any atom is 0.234 e. The molecule has 3 N–H and O–H groups in total. The number of anilines is 1. The van der Waals surface area contributed by atoms with Crippen molar-refractivity contribution in [1.29, 1.82) is 0 Å². The van der Waals surface area contributed by atoms with Crippen LogP contribution < -0.4 is 16.0 Å². The van der Waals surface area contributed by atoms with Gasteiger partial charge < -0.3 is 16.0 Å². The fourth-order valence-corrected chi connectivity index (χ4v) is 3.12. The minimum Gasteiger partial charge on any atom is -0.355 e. The third kappa shape index (κ3) is 7.05. The van der Waals surface area contributed by atoms with Crippen LogP contribution in [0.3, 0.4) is 0 Å². The zero-order chi connectivity index (χ0) is 16.5. The largest absolute Gasteiger partial charge is 0.355 e. The second kappa shape index (κ2) is 9.57. The Balaban J connectivity index is 1.57. The number of thioether (sulfide) groups is 1. The summed E-state index contributed by atoms with van der Waals surface area (Å²) in [6.45, 7) is 4.79. The van der Waals surface area contributed by atoms with Gasteiger partial charge in [0.05, 0.1) is 11.5 Å². The number of piperidine rings is 1. The number of hydrogen-bond acceptors (Lipinski definition) is 4. The van der Waals surface area contributed by atoms with Gasteiger partial charge in [-0.3, -0.25) is 9.59 Å². The van der Waals surface area contributed by atoms with Crippen molar-refractivity contribution in [1.82, 2.24) is 10.6 Å². The number of carbonyl (C=O) groups is 2. The molecule has 2 amide bonds. The Morgan fingerprint density at radius 1 is 1.22 bits per heavy atom. The lowest BCUT2D eigenvalue weighted by Gasteiger charge is -2.22. The van der Waals surface area contributed by atoms with Crippen LogP contribution >= 0.6 is 11.8 Å². The molecule has 5 nitrogen and oxygen atoms in total. The van der Waals surface area contributed by atoms with Gasteiger partial charge in [0.1, 0.15) is 0 Å². The number of nitrogens with one attached hydrogen (secondary N) is 3. The Bertz CT molecular complexity index is 513. The molecule has 1 saturated heterocycles. The first-order valence-electron chi connectivity index (χ1n) is 8.05. The number of carbonyl (C=O) groups excluding carboxylic acids is 2. The molecule has 1 aromatic rings. The molecule has 0 aliphatic carbocycles. The molecule has 1 aliphatic heterocycles. The molecule has 1 heterocycles. The maximum absolute atomic E-state index is 11.8. The zero-order valence-corrected chi connectivity index (χ0v) is 14.4. The van der Waals surface area contributed by atoms with Crippen molar-refractivity contribution in [2.24, 2.45) is 5.92 Å². The van der Waals surface area contributed by atoms with Gasteiger partial charge in [-0.05, 0) is 50.9 Å². The van der Waals surface area contributed by atoms with Crippen molar-refractivity contribution in [3.05, 3.63) is 29.8 Å². The van der Waals surface area contributed by atoms with Gasteiger partial charge in [0.15, 0.2) is 0 Å². The Labute approximate surface area is 142 Å². The summed E-state index contributed by atoms with van der Waals surface area (Å²) in [5.74, 6) is 1.06. The third-order valence-corrected chi connectivity index (χ3v) is 4.72. The molecule has 0 bridgehead atoms. The van der Waals surface area contributed by atoms with E-state index in [2.05, 4.69) is 16.0 Å². The number of benzene rings is 1. The van der Waals surface area contributed by atoms with Crippen molar-refractivity contribution >= 4 is 29.3 Å². The quantitative estimate of drug-likeness (QED) is 0.710. The first-order valence-corrected chi connectivity index (χ1v) is 9.20. The van der Waals surface area contributed by atoms with E-state index in [1.165, 1.54) is 24.6 Å². The Hall–Kier alpha value is -1.53. The number of amides is 2. The maximum atomic E-state index is 11.8. The summed E-state index contributed by atoms with van der Waals surface area (Å²) >= 11 is 1.34. The van der Waals surface area contributed by atoms with Crippen LogP contribution in [0.25, 0.3) is 0 Å². The predicted molar refractivity (Wildman–Crippen MR) is 95.7 cm³/mol. The van der Waals surface area contributed by atoms with E-state index in [-0.39, 0.29) is 17.6 Å². The molecular weight excluding hydrogens is 310 g/mol. The van der Waals surface area contributed by atoms with Gasteiger partial charge in [-0.15, -0.1) is 11.8 Å².